The van der Waals surface area contributed by atoms with E-state index in [0.29, 0.717) is 11.4 Å². The summed E-state index contributed by atoms with van der Waals surface area (Å²) in [4.78, 5) is 9.28. The number of hydrogen-bond acceptors (Lipinski definition) is 6. The number of rotatable bonds is 5. The summed E-state index contributed by atoms with van der Waals surface area (Å²) in [5.74, 6) is 0.159. The van der Waals surface area contributed by atoms with Gasteiger partial charge in [-0.2, -0.15) is 0 Å². The minimum Gasteiger partial charge on any atom is -0.347 e. The Morgan fingerprint density at radius 3 is 2.62 bits per heavy atom. The molecule has 0 spiro atoms. The zero-order valence-corrected chi connectivity index (χ0v) is 16.5. The molecule has 1 saturated heterocycles. The molecule has 1 fully saturated rings. The summed E-state index contributed by atoms with van der Waals surface area (Å²) in [6, 6.07) is 6.85. The molecule has 0 aliphatic carbocycles. The van der Waals surface area contributed by atoms with Crippen molar-refractivity contribution in [1.82, 2.24) is 9.88 Å². The summed E-state index contributed by atoms with van der Waals surface area (Å²) in [6.07, 6.45) is 2.85. The lowest BCUT2D eigenvalue weighted by molar-refractivity contribution is 0.310. The van der Waals surface area contributed by atoms with E-state index in [-0.39, 0.29) is 5.75 Å². The van der Waals surface area contributed by atoms with Gasteiger partial charge in [-0.3, -0.25) is 0 Å². The van der Waals surface area contributed by atoms with Crippen molar-refractivity contribution in [2.75, 3.05) is 43.4 Å². The average Bonchev–Trinajstić information content (AvgIpc) is 2.99. The van der Waals surface area contributed by atoms with E-state index >= 15 is 0 Å². The Bertz CT molecular complexity index is 748. The van der Waals surface area contributed by atoms with Crippen molar-refractivity contribution in [3.63, 3.8) is 0 Å². The van der Waals surface area contributed by atoms with Gasteiger partial charge in [-0.25, -0.2) is 13.4 Å². The lowest BCUT2D eigenvalue weighted by atomic mass is 10.4. The van der Waals surface area contributed by atoms with Gasteiger partial charge in [-0.1, -0.05) is 15.9 Å². The normalized spacial score (nSPS) is 17.0. The molecule has 1 aliphatic heterocycles. The second kappa shape index (κ2) is 7.95. The van der Waals surface area contributed by atoms with Gasteiger partial charge in [0.05, 0.1) is 10.6 Å². The number of sulfone groups is 1. The molecular weight excluding hydrogens is 410 g/mol. The van der Waals surface area contributed by atoms with Crippen molar-refractivity contribution in [2.45, 2.75) is 11.3 Å². The van der Waals surface area contributed by atoms with Gasteiger partial charge < -0.3 is 9.80 Å². The first-order chi connectivity index (χ1) is 11.5. The van der Waals surface area contributed by atoms with E-state index in [4.69, 9.17) is 0 Å². The fourth-order valence-electron chi connectivity index (χ4n) is 2.77. The number of halogens is 1. The van der Waals surface area contributed by atoms with Crippen LogP contribution in [-0.2, 0) is 9.84 Å². The Balaban J connectivity index is 1.55. The van der Waals surface area contributed by atoms with Gasteiger partial charge in [0.15, 0.2) is 15.0 Å². The van der Waals surface area contributed by atoms with Gasteiger partial charge in [0, 0.05) is 42.2 Å². The fraction of sp³-hybridized carbons (Fsp3) is 0.438. The molecule has 5 nitrogen and oxygen atoms in total. The minimum atomic E-state index is -3.23. The van der Waals surface area contributed by atoms with Crippen LogP contribution in [-0.4, -0.2) is 56.8 Å². The van der Waals surface area contributed by atoms with E-state index in [0.717, 1.165) is 42.2 Å². The summed E-state index contributed by atoms with van der Waals surface area (Å²) in [5.41, 5.74) is 0. The van der Waals surface area contributed by atoms with Crippen LogP contribution >= 0.6 is 27.3 Å². The summed E-state index contributed by atoms with van der Waals surface area (Å²) in [7, 11) is -3.23. The topological polar surface area (TPSA) is 53.5 Å². The smallest absolute Gasteiger partial charge is 0.185 e. The lowest BCUT2D eigenvalue weighted by Gasteiger charge is -2.21. The summed E-state index contributed by atoms with van der Waals surface area (Å²) in [6.45, 7) is 4.24. The highest BCUT2D eigenvalue weighted by Crippen LogP contribution is 2.19. The van der Waals surface area contributed by atoms with Crippen LogP contribution in [0.3, 0.4) is 0 Å². The van der Waals surface area contributed by atoms with Gasteiger partial charge in [0.1, 0.15) is 0 Å². The first-order valence-corrected chi connectivity index (χ1v) is 11.2. The van der Waals surface area contributed by atoms with Crippen molar-refractivity contribution in [3.05, 3.63) is 40.3 Å². The number of nitrogens with zero attached hydrogens (tertiary/aromatic N) is 3. The van der Waals surface area contributed by atoms with E-state index in [2.05, 4.69) is 30.7 Å². The Morgan fingerprint density at radius 1 is 1.12 bits per heavy atom. The Labute approximate surface area is 155 Å². The quantitative estimate of drug-likeness (QED) is 0.730. The zero-order chi connectivity index (χ0) is 17.0. The predicted octanol–water partition coefficient (Wildman–Crippen LogP) is 2.89. The van der Waals surface area contributed by atoms with Gasteiger partial charge in [0.2, 0.25) is 0 Å². The van der Waals surface area contributed by atoms with Crippen LogP contribution in [0.15, 0.2) is 45.2 Å². The molecule has 130 valence electrons. The molecule has 2 aromatic rings. The molecule has 1 aliphatic rings. The molecule has 3 rings (SSSR count). The molecule has 1 aromatic carbocycles. The van der Waals surface area contributed by atoms with Gasteiger partial charge in [-0.15, -0.1) is 11.3 Å². The number of aromatic nitrogens is 1. The van der Waals surface area contributed by atoms with Crippen molar-refractivity contribution < 1.29 is 8.42 Å². The van der Waals surface area contributed by atoms with Crippen LogP contribution < -0.4 is 4.90 Å². The van der Waals surface area contributed by atoms with Crippen LogP contribution in [0.4, 0.5) is 5.13 Å². The van der Waals surface area contributed by atoms with E-state index < -0.39 is 9.84 Å². The molecule has 24 heavy (non-hydrogen) atoms. The SMILES string of the molecule is O=S(=O)(CCN1CCCN(c2nccs2)CC1)c1ccc(Br)cc1. The standard InChI is InChI=1S/C16H20BrN3O2S2/c17-14-2-4-15(5-3-14)24(21,22)13-11-19-7-1-8-20(10-9-19)16-18-6-12-23-16/h2-6,12H,1,7-11,13H2. The molecule has 0 bridgehead atoms. The molecule has 0 radical (unpaired) electrons. The third-order valence-corrected chi connectivity index (χ3v) is 7.20. The van der Waals surface area contributed by atoms with Crippen LogP contribution in [0.5, 0.6) is 0 Å². The Hall–Kier alpha value is -0.960. The van der Waals surface area contributed by atoms with Crippen molar-refractivity contribution >= 4 is 42.2 Å². The van der Waals surface area contributed by atoms with Crippen molar-refractivity contribution in [2.24, 2.45) is 0 Å². The highest BCUT2D eigenvalue weighted by atomic mass is 79.9. The summed E-state index contributed by atoms with van der Waals surface area (Å²) < 4.78 is 25.8. The monoisotopic (exact) mass is 429 g/mol. The van der Waals surface area contributed by atoms with E-state index in [1.165, 1.54) is 0 Å². The second-order valence-corrected chi connectivity index (χ2v) is 9.67. The minimum absolute atomic E-state index is 0.159. The number of benzene rings is 1. The third-order valence-electron chi connectivity index (χ3n) is 4.13. The molecule has 1 aromatic heterocycles. The van der Waals surface area contributed by atoms with Gasteiger partial charge >= 0.3 is 0 Å². The van der Waals surface area contributed by atoms with Gasteiger partial charge in [-0.05, 0) is 37.2 Å². The Kier molecular flexibility index (Phi) is 5.91. The van der Waals surface area contributed by atoms with E-state index in [1.54, 1.807) is 35.6 Å². The van der Waals surface area contributed by atoms with Crippen LogP contribution in [0.1, 0.15) is 6.42 Å². The van der Waals surface area contributed by atoms with Gasteiger partial charge in [0.25, 0.3) is 0 Å². The highest BCUT2D eigenvalue weighted by molar-refractivity contribution is 9.10. The molecular formula is C16H20BrN3O2S2. The fourth-order valence-corrected chi connectivity index (χ4v) is 5.01. The maximum Gasteiger partial charge on any atom is 0.185 e. The van der Waals surface area contributed by atoms with Crippen molar-refractivity contribution in [1.29, 1.82) is 0 Å². The predicted molar refractivity (Wildman–Crippen MR) is 102 cm³/mol. The van der Waals surface area contributed by atoms with Crippen LogP contribution in [0.25, 0.3) is 0 Å². The maximum atomic E-state index is 12.5. The first kappa shape index (κ1) is 17.8. The highest BCUT2D eigenvalue weighted by Gasteiger charge is 2.20. The number of hydrogen-bond donors (Lipinski definition) is 0. The molecule has 0 amide bonds. The average molecular weight is 430 g/mol. The number of thiazole rings is 1. The largest absolute Gasteiger partial charge is 0.347 e. The third kappa shape index (κ3) is 4.56. The molecule has 0 N–H and O–H groups in total. The van der Waals surface area contributed by atoms with Crippen LogP contribution in [0, 0.1) is 0 Å². The lowest BCUT2D eigenvalue weighted by Crippen LogP contribution is -2.33. The second-order valence-electron chi connectivity index (χ2n) is 5.77. The molecule has 8 heteroatoms. The maximum absolute atomic E-state index is 12.5. The zero-order valence-electron chi connectivity index (χ0n) is 13.3. The van der Waals surface area contributed by atoms with E-state index in [1.807, 2.05) is 11.6 Å². The molecule has 2 heterocycles. The molecule has 0 unspecified atom stereocenters. The molecule has 0 atom stereocenters. The van der Waals surface area contributed by atoms with Crippen molar-refractivity contribution in [3.8, 4) is 0 Å². The Morgan fingerprint density at radius 2 is 1.92 bits per heavy atom. The van der Waals surface area contributed by atoms with Crippen LogP contribution in [0.2, 0.25) is 0 Å². The summed E-state index contributed by atoms with van der Waals surface area (Å²) >= 11 is 4.98. The first-order valence-electron chi connectivity index (χ1n) is 7.90. The molecule has 0 saturated carbocycles. The summed E-state index contributed by atoms with van der Waals surface area (Å²) in [5, 5.41) is 3.04. The number of anilines is 1. The van der Waals surface area contributed by atoms with E-state index in [9.17, 15) is 8.42 Å².